The first-order valence-electron chi connectivity index (χ1n) is 7.48. The number of hydrogen-bond acceptors (Lipinski definition) is 3. The van der Waals surface area contributed by atoms with Crippen molar-refractivity contribution in [1.82, 2.24) is 10.2 Å². The van der Waals surface area contributed by atoms with Gasteiger partial charge in [0.15, 0.2) is 0 Å². The Balaban J connectivity index is 1.81. The number of rotatable bonds is 3. The molecule has 0 amide bonds. The smallest absolute Gasteiger partial charge is 0.123 e. The minimum atomic E-state index is -0.180. The van der Waals surface area contributed by atoms with Crippen LogP contribution in [0.15, 0.2) is 18.2 Å². The van der Waals surface area contributed by atoms with Crippen molar-refractivity contribution in [3.8, 4) is 0 Å². The summed E-state index contributed by atoms with van der Waals surface area (Å²) in [6.07, 6.45) is 2.61. The zero-order valence-electron chi connectivity index (χ0n) is 12.2. The Morgan fingerprint density at radius 2 is 2.30 bits per heavy atom. The zero-order chi connectivity index (χ0) is 14.1. The van der Waals surface area contributed by atoms with Crippen LogP contribution in [0.25, 0.3) is 0 Å². The highest BCUT2D eigenvalue weighted by atomic mass is 19.1. The fourth-order valence-electron chi connectivity index (χ4n) is 3.53. The predicted molar refractivity (Wildman–Crippen MR) is 77.3 cm³/mol. The Kier molecular flexibility index (Phi) is 4.06. The summed E-state index contributed by atoms with van der Waals surface area (Å²) in [7, 11) is 1.93. The highest BCUT2D eigenvalue weighted by Gasteiger charge is 2.36. The predicted octanol–water partition coefficient (Wildman–Crippen LogP) is 2.26. The molecule has 1 N–H and O–H groups in total. The Bertz CT molecular complexity index is 480. The molecule has 0 aromatic heterocycles. The molecule has 0 spiro atoms. The van der Waals surface area contributed by atoms with E-state index in [9.17, 15) is 4.39 Å². The summed E-state index contributed by atoms with van der Waals surface area (Å²) in [6.45, 7) is 4.94. The first kappa shape index (κ1) is 14.0. The maximum Gasteiger partial charge on any atom is 0.123 e. The molecule has 2 heterocycles. The van der Waals surface area contributed by atoms with Gasteiger partial charge in [0, 0.05) is 12.6 Å². The van der Waals surface area contributed by atoms with Gasteiger partial charge in [-0.3, -0.25) is 4.90 Å². The molecule has 4 heteroatoms. The van der Waals surface area contributed by atoms with Gasteiger partial charge in [-0.1, -0.05) is 6.07 Å². The minimum Gasteiger partial charge on any atom is -0.373 e. The lowest BCUT2D eigenvalue weighted by Gasteiger charge is -2.39. The first-order chi connectivity index (χ1) is 9.69. The van der Waals surface area contributed by atoms with Gasteiger partial charge in [0.05, 0.1) is 18.8 Å². The summed E-state index contributed by atoms with van der Waals surface area (Å²) in [6, 6.07) is 5.64. The fourth-order valence-corrected chi connectivity index (χ4v) is 3.53. The molecule has 2 aliphatic rings. The van der Waals surface area contributed by atoms with Crippen molar-refractivity contribution < 1.29 is 9.13 Å². The number of likely N-dealkylation sites (N-methyl/N-ethyl adjacent to an activating group) is 1. The van der Waals surface area contributed by atoms with Crippen molar-refractivity contribution in [2.75, 3.05) is 26.7 Å². The molecule has 2 saturated heterocycles. The summed E-state index contributed by atoms with van der Waals surface area (Å²) in [4.78, 5) is 2.52. The van der Waals surface area contributed by atoms with Gasteiger partial charge in [-0.2, -0.15) is 0 Å². The lowest BCUT2D eigenvalue weighted by Crippen LogP contribution is -2.50. The van der Waals surface area contributed by atoms with Crippen LogP contribution in [0.5, 0.6) is 0 Å². The molecule has 2 aliphatic heterocycles. The van der Waals surface area contributed by atoms with Crippen molar-refractivity contribution in [3.63, 3.8) is 0 Å². The lowest BCUT2D eigenvalue weighted by molar-refractivity contribution is -0.0643. The van der Waals surface area contributed by atoms with Gasteiger partial charge in [0.25, 0.3) is 0 Å². The van der Waals surface area contributed by atoms with Crippen LogP contribution in [0.1, 0.15) is 30.0 Å². The Labute approximate surface area is 120 Å². The topological polar surface area (TPSA) is 24.5 Å². The summed E-state index contributed by atoms with van der Waals surface area (Å²) >= 11 is 0. The molecular weight excluding hydrogens is 255 g/mol. The monoisotopic (exact) mass is 278 g/mol. The number of aryl methyl sites for hydroxylation is 1. The molecule has 0 radical (unpaired) electrons. The second kappa shape index (κ2) is 5.80. The molecular formula is C16H23FN2O. The highest BCUT2D eigenvalue weighted by Crippen LogP contribution is 2.30. The van der Waals surface area contributed by atoms with E-state index in [-0.39, 0.29) is 18.0 Å². The van der Waals surface area contributed by atoms with E-state index in [1.165, 1.54) is 25.5 Å². The summed E-state index contributed by atoms with van der Waals surface area (Å²) in [5.74, 6) is -0.180. The van der Waals surface area contributed by atoms with Crippen molar-refractivity contribution in [1.29, 1.82) is 0 Å². The van der Waals surface area contributed by atoms with Crippen LogP contribution in [-0.2, 0) is 4.74 Å². The van der Waals surface area contributed by atoms with Crippen LogP contribution >= 0.6 is 0 Å². The van der Waals surface area contributed by atoms with E-state index in [1.54, 1.807) is 6.07 Å². The van der Waals surface area contributed by atoms with Gasteiger partial charge in [0.1, 0.15) is 5.82 Å². The number of benzene rings is 1. The number of nitrogens with one attached hydrogen (secondary N) is 1. The molecule has 3 nitrogen and oxygen atoms in total. The minimum absolute atomic E-state index is 0.0484. The van der Waals surface area contributed by atoms with Crippen LogP contribution in [0.4, 0.5) is 4.39 Å². The number of fused-ring (bicyclic) bond motifs is 1. The van der Waals surface area contributed by atoms with Crippen molar-refractivity contribution in [2.24, 2.45) is 0 Å². The van der Waals surface area contributed by atoms with Gasteiger partial charge in [-0.15, -0.1) is 0 Å². The average Bonchev–Trinajstić information content (AvgIpc) is 2.91. The number of morpholine rings is 1. The highest BCUT2D eigenvalue weighted by molar-refractivity contribution is 5.30. The lowest BCUT2D eigenvalue weighted by atomic mass is 9.95. The number of halogens is 1. The Morgan fingerprint density at radius 3 is 3.10 bits per heavy atom. The van der Waals surface area contributed by atoms with Crippen LogP contribution in [0.2, 0.25) is 0 Å². The van der Waals surface area contributed by atoms with Crippen LogP contribution < -0.4 is 5.32 Å². The van der Waals surface area contributed by atoms with Crippen molar-refractivity contribution >= 4 is 0 Å². The summed E-state index contributed by atoms with van der Waals surface area (Å²) < 4.78 is 19.6. The van der Waals surface area contributed by atoms with Crippen LogP contribution in [0.3, 0.4) is 0 Å². The molecule has 20 heavy (non-hydrogen) atoms. The molecule has 2 fully saturated rings. The van der Waals surface area contributed by atoms with Crippen molar-refractivity contribution in [3.05, 3.63) is 35.1 Å². The van der Waals surface area contributed by atoms with E-state index >= 15 is 0 Å². The summed E-state index contributed by atoms with van der Waals surface area (Å²) in [5.41, 5.74) is 2.12. The molecule has 110 valence electrons. The van der Waals surface area contributed by atoms with Gasteiger partial charge >= 0.3 is 0 Å². The number of nitrogens with zero attached hydrogens (tertiary/aromatic N) is 1. The second-order valence-electron chi connectivity index (χ2n) is 5.93. The van der Waals surface area contributed by atoms with Gasteiger partial charge < -0.3 is 10.1 Å². The number of hydrogen-bond donors (Lipinski definition) is 1. The molecule has 3 unspecified atom stereocenters. The summed E-state index contributed by atoms with van der Waals surface area (Å²) in [5, 5.41) is 3.32. The Morgan fingerprint density at radius 1 is 1.45 bits per heavy atom. The molecule has 3 rings (SSSR count). The quantitative estimate of drug-likeness (QED) is 0.918. The maximum absolute atomic E-state index is 13.5. The third-order valence-electron chi connectivity index (χ3n) is 4.68. The van der Waals surface area contributed by atoms with Crippen LogP contribution in [-0.4, -0.2) is 43.8 Å². The average molecular weight is 278 g/mol. The third kappa shape index (κ3) is 2.60. The number of ether oxygens (including phenoxy) is 1. The Hall–Kier alpha value is -0.970. The molecule has 1 aromatic rings. The SMILES string of the molecule is CNC(c1cc(F)ccc1C)C1CN2CCCC2CO1. The third-order valence-corrected chi connectivity index (χ3v) is 4.68. The normalized spacial score (nSPS) is 28.4. The van der Waals surface area contributed by atoms with Crippen LogP contribution in [0, 0.1) is 12.7 Å². The van der Waals surface area contributed by atoms with E-state index in [4.69, 9.17) is 4.74 Å². The molecule has 3 atom stereocenters. The van der Waals surface area contributed by atoms with E-state index in [0.717, 1.165) is 24.3 Å². The largest absolute Gasteiger partial charge is 0.373 e. The van der Waals surface area contributed by atoms with E-state index in [0.29, 0.717) is 6.04 Å². The molecule has 0 saturated carbocycles. The molecule has 0 aliphatic carbocycles. The van der Waals surface area contributed by atoms with Gasteiger partial charge in [0.2, 0.25) is 0 Å². The first-order valence-corrected chi connectivity index (χ1v) is 7.48. The molecule has 0 bridgehead atoms. The zero-order valence-corrected chi connectivity index (χ0v) is 12.2. The standard InChI is InChI=1S/C16H23FN2O/c1-11-5-6-12(17)8-14(11)16(18-2)15-9-19-7-3-4-13(19)10-20-15/h5-6,8,13,15-16,18H,3-4,7,9-10H2,1-2H3. The van der Waals surface area contributed by atoms with E-state index in [2.05, 4.69) is 10.2 Å². The maximum atomic E-state index is 13.5. The van der Waals surface area contributed by atoms with E-state index in [1.807, 2.05) is 20.0 Å². The molecule has 1 aromatic carbocycles. The van der Waals surface area contributed by atoms with Gasteiger partial charge in [-0.25, -0.2) is 4.39 Å². The second-order valence-corrected chi connectivity index (χ2v) is 5.93. The van der Waals surface area contributed by atoms with E-state index < -0.39 is 0 Å². The fraction of sp³-hybridized carbons (Fsp3) is 0.625. The van der Waals surface area contributed by atoms with Crippen molar-refractivity contribution in [2.45, 2.75) is 38.0 Å². The van der Waals surface area contributed by atoms with Gasteiger partial charge in [-0.05, 0) is 56.6 Å².